The summed E-state index contributed by atoms with van der Waals surface area (Å²) in [5.74, 6) is -1.69. The summed E-state index contributed by atoms with van der Waals surface area (Å²) < 4.78 is 28.3. The number of rotatable bonds is 7. The van der Waals surface area contributed by atoms with Crippen LogP contribution >= 0.6 is 11.8 Å². The van der Waals surface area contributed by atoms with Crippen molar-refractivity contribution in [2.75, 3.05) is 11.1 Å². The lowest BCUT2D eigenvalue weighted by Crippen LogP contribution is -2.15. The standard InChI is InChI=1S/C22H17F2N5OS/c23-18-9-8-17(11-19(18)24)26-20(30)14-31-22-28-27-21(16-7-4-10-25-12-16)29(22)13-15-5-2-1-3-6-15/h1-12H,13-14H2,(H,26,30). The van der Waals surface area contributed by atoms with E-state index < -0.39 is 11.6 Å². The molecule has 0 fully saturated rings. The van der Waals surface area contributed by atoms with Gasteiger partial charge < -0.3 is 5.32 Å². The van der Waals surface area contributed by atoms with Gasteiger partial charge in [0.1, 0.15) is 0 Å². The molecule has 4 aromatic rings. The van der Waals surface area contributed by atoms with Gasteiger partial charge in [0.05, 0.1) is 12.3 Å². The average molecular weight is 437 g/mol. The van der Waals surface area contributed by atoms with E-state index in [1.807, 2.05) is 47.0 Å². The molecule has 0 radical (unpaired) electrons. The van der Waals surface area contributed by atoms with Crippen LogP contribution in [-0.4, -0.2) is 31.4 Å². The molecule has 0 aliphatic rings. The number of nitrogens with zero attached hydrogens (tertiary/aromatic N) is 4. The quantitative estimate of drug-likeness (QED) is 0.434. The van der Waals surface area contributed by atoms with E-state index in [0.29, 0.717) is 17.5 Å². The van der Waals surface area contributed by atoms with Crippen molar-refractivity contribution in [3.8, 4) is 11.4 Å². The molecule has 0 bridgehead atoms. The predicted molar refractivity (Wildman–Crippen MR) is 115 cm³/mol. The van der Waals surface area contributed by atoms with Crippen LogP contribution in [0.5, 0.6) is 0 Å². The summed E-state index contributed by atoms with van der Waals surface area (Å²) in [5.41, 5.74) is 2.05. The number of nitrogens with one attached hydrogen (secondary N) is 1. The highest BCUT2D eigenvalue weighted by Gasteiger charge is 2.16. The first-order valence-corrected chi connectivity index (χ1v) is 10.3. The van der Waals surface area contributed by atoms with Gasteiger partial charge in [-0.15, -0.1) is 10.2 Å². The summed E-state index contributed by atoms with van der Waals surface area (Å²) in [6.07, 6.45) is 3.38. The molecule has 0 atom stereocenters. The van der Waals surface area contributed by atoms with E-state index in [-0.39, 0.29) is 17.3 Å². The van der Waals surface area contributed by atoms with Crippen LogP contribution in [0, 0.1) is 11.6 Å². The van der Waals surface area contributed by atoms with Crippen LogP contribution in [0.3, 0.4) is 0 Å². The van der Waals surface area contributed by atoms with E-state index in [1.165, 1.54) is 17.8 Å². The Morgan fingerprint density at radius 2 is 1.84 bits per heavy atom. The third-order valence-corrected chi connectivity index (χ3v) is 5.32. The third kappa shape index (κ3) is 5.13. The van der Waals surface area contributed by atoms with Crippen LogP contribution in [0.2, 0.25) is 0 Å². The molecule has 0 aliphatic heterocycles. The van der Waals surface area contributed by atoms with Crippen molar-refractivity contribution in [1.29, 1.82) is 0 Å². The SMILES string of the molecule is O=C(CSc1nnc(-c2cccnc2)n1Cc1ccccc1)Nc1ccc(F)c(F)c1. The number of amides is 1. The minimum Gasteiger partial charge on any atom is -0.325 e. The molecule has 0 spiro atoms. The molecule has 2 aromatic carbocycles. The van der Waals surface area contributed by atoms with E-state index in [4.69, 9.17) is 0 Å². The van der Waals surface area contributed by atoms with Gasteiger partial charge >= 0.3 is 0 Å². The molecule has 2 aromatic heterocycles. The fourth-order valence-corrected chi connectivity index (χ4v) is 3.65. The largest absolute Gasteiger partial charge is 0.325 e. The normalized spacial score (nSPS) is 10.8. The molecule has 4 rings (SSSR count). The number of pyridine rings is 1. The summed E-state index contributed by atoms with van der Waals surface area (Å²) in [5, 5.41) is 11.7. The van der Waals surface area contributed by atoms with Crippen molar-refractivity contribution in [3.63, 3.8) is 0 Å². The minimum atomic E-state index is -1.02. The van der Waals surface area contributed by atoms with Crippen LogP contribution in [0.4, 0.5) is 14.5 Å². The number of carbonyl (C=O) groups excluding carboxylic acids is 1. The highest BCUT2D eigenvalue weighted by molar-refractivity contribution is 7.99. The van der Waals surface area contributed by atoms with Crippen molar-refractivity contribution in [2.45, 2.75) is 11.7 Å². The Labute approximate surface area is 181 Å². The first kappa shape index (κ1) is 20.7. The molecule has 0 saturated carbocycles. The average Bonchev–Trinajstić information content (AvgIpc) is 3.18. The highest BCUT2D eigenvalue weighted by Crippen LogP contribution is 2.25. The number of thioether (sulfide) groups is 1. The zero-order chi connectivity index (χ0) is 21.6. The molecule has 9 heteroatoms. The van der Waals surface area contributed by atoms with E-state index in [2.05, 4.69) is 20.5 Å². The lowest BCUT2D eigenvalue weighted by Gasteiger charge is -2.10. The molecular weight excluding hydrogens is 420 g/mol. The molecular formula is C22H17F2N5OS. The monoisotopic (exact) mass is 437 g/mol. The Morgan fingerprint density at radius 3 is 2.58 bits per heavy atom. The molecule has 31 heavy (non-hydrogen) atoms. The number of hydrogen-bond acceptors (Lipinski definition) is 5. The second-order valence-corrected chi connectivity index (χ2v) is 7.53. The minimum absolute atomic E-state index is 0.0267. The van der Waals surface area contributed by atoms with Crippen LogP contribution in [0.15, 0.2) is 78.2 Å². The summed E-state index contributed by atoms with van der Waals surface area (Å²) in [6, 6.07) is 16.8. The topological polar surface area (TPSA) is 72.7 Å². The zero-order valence-electron chi connectivity index (χ0n) is 16.2. The first-order chi connectivity index (χ1) is 15.1. The summed E-state index contributed by atoms with van der Waals surface area (Å²) in [4.78, 5) is 16.5. The fourth-order valence-electron chi connectivity index (χ4n) is 2.91. The number of carbonyl (C=O) groups is 1. The highest BCUT2D eigenvalue weighted by atomic mass is 32.2. The van der Waals surface area contributed by atoms with Crippen LogP contribution in [-0.2, 0) is 11.3 Å². The summed E-state index contributed by atoms with van der Waals surface area (Å²) in [7, 11) is 0. The van der Waals surface area contributed by atoms with E-state index in [0.717, 1.165) is 23.3 Å². The van der Waals surface area contributed by atoms with Gasteiger partial charge in [-0.3, -0.25) is 14.3 Å². The Kier molecular flexibility index (Phi) is 6.32. The van der Waals surface area contributed by atoms with Gasteiger partial charge in [0, 0.05) is 29.7 Å². The van der Waals surface area contributed by atoms with Gasteiger partial charge in [0.2, 0.25) is 5.91 Å². The molecule has 0 saturated heterocycles. The van der Waals surface area contributed by atoms with Crippen LogP contribution in [0.1, 0.15) is 5.56 Å². The lowest BCUT2D eigenvalue weighted by molar-refractivity contribution is -0.113. The van der Waals surface area contributed by atoms with E-state index in [9.17, 15) is 13.6 Å². The van der Waals surface area contributed by atoms with Crippen LogP contribution in [0.25, 0.3) is 11.4 Å². The number of hydrogen-bond donors (Lipinski definition) is 1. The Bertz CT molecular complexity index is 1190. The van der Waals surface area contributed by atoms with Gasteiger partial charge in [-0.25, -0.2) is 8.78 Å². The molecule has 0 unspecified atom stereocenters. The Morgan fingerprint density at radius 1 is 1.00 bits per heavy atom. The Balaban J connectivity index is 1.52. The maximum atomic E-state index is 13.3. The van der Waals surface area contributed by atoms with Crippen molar-refractivity contribution in [2.24, 2.45) is 0 Å². The maximum absolute atomic E-state index is 13.3. The van der Waals surface area contributed by atoms with E-state index in [1.54, 1.807) is 12.4 Å². The molecule has 156 valence electrons. The molecule has 6 nitrogen and oxygen atoms in total. The van der Waals surface area contributed by atoms with Crippen molar-refractivity contribution >= 4 is 23.4 Å². The summed E-state index contributed by atoms with van der Waals surface area (Å²) in [6.45, 7) is 0.519. The number of halogens is 2. The van der Waals surface area contributed by atoms with Crippen molar-refractivity contribution in [1.82, 2.24) is 19.7 Å². The van der Waals surface area contributed by atoms with E-state index >= 15 is 0 Å². The number of benzene rings is 2. The summed E-state index contributed by atoms with van der Waals surface area (Å²) >= 11 is 1.21. The number of aromatic nitrogens is 4. The Hall–Kier alpha value is -3.59. The molecule has 0 aliphatic carbocycles. The zero-order valence-corrected chi connectivity index (χ0v) is 17.0. The second-order valence-electron chi connectivity index (χ2n) is 6.59. The van der Waals surface area contributed by atoms with Crippen molar-refractivity contribution < 1.29 is 13.6 Å². The third-order valence-electron chi connectivity index (χ3n) is 4.36. The first-order valence-electron chi connectivity index (χ1n) is 9.35. The molecule has 2 heterocycles. The van der Waals surface area contributed by atoms with Gasteiger partial charge in [-0.1, -0.05) is 42.1 Å². The lowest BCUT2D eigenvalue weighted by atomic mass is 10.2. The number of anilines is 1. The fraction of sp³-hybridized carbons (Fsp3) is 0.0909. The smallest absolute Gasteiger partial charge is 0.234 e. The molecule has 1 N–H and O–H groups in total. The van der Waals surface area contributed by atoms with Crippen LogP contribution < -0.4 is 5.32 Å². The van der Waals surface area contributed by atoms with Gasteiger partial charge in [-0.05, 0) is 29.8 Å². The maximum Gasteiger partial charge on any atom is 0.234 e. The van der Waals surface area contributed by atoms with Gasteiger partial charge in [0.15, 0.2) is 22.6 Å². The van der Waals surface area contributed by atoms with Gasteiger partial charge in [0.25, 0.3) is 0 Å². The predicted octanol–water partition coefficient (Wildman–Crippen LogP) is 4.40. The molecule has 1 amide bonds. The van der Waals surface area contributed by atoms with Gasteiger partial charge in [-0.2, -0.15) is 0 Å². The van der Waals surface area contributed by atoms with Crippen molar-refractivity contribution in [3.05, 3.63) is 90.3 Å². The second kappa shape index (κ2) is 9.48.